The van der Waals surface area contributed by atoms with E-state index < -0.39 is 18.2 Å². The Labute approximate surface area is 78.5 Å². The van der Waals surface area contributed by atoms with Gasteiger partial charge >= 0.3 is 11.9 Å². The van der Waals surface area contributed by atoms with Crippen molar-refractivity contribution in [1.82, 2.24) is 0 Å². The van der Waals surface area contributed by atoms with Crippen molar-refractivity contribution in [1.29, 1.82) is 0 Å². The highest BCUT2D eigenvalue weighted by atomic mass is 16.6. The summed E-state index contributed by atoms with van der Waals surface area (Å²) in [5.41, 5.74) is 0.429. The van der Waals surface area contributed by atoms with E-state index in [0.29, 0.717) is 0 Å². The quantitative estimate of drug-likeness (QED) is 0.637. The minimum atomic E-state index is -1.35. The number of cyclic esters (lactones) is 1. The second-order valence-electron chi connectivity index (χ2n) is 2.86. The Kier molecular flexibility index (Phi) is 1.75. The lowest BCUT2D eigenvalue weighted by atomic mass is 10.1. The van der Waals surface area contributed by atoms with Gasteiger partial charge in [-0.05, 0) is 18.2 Å². The molecule has 72 valence electrons. The number of hydrogen-bond acceptors (Lipinski definition) is 4. The highest BCUT2D eigenvalue weighted by molar-refractivity contribution is 5.96. The number of hydrogen-bond donors (Lipinski definition) is 2. The Hall–Kier alpha value is -1.88. The fourth-order valence-corrected chi connectivity index (χ4v) is 1.31. The molecule has 1 aromatic carbocycles. The number of fused-ring (bicyclic) bond motifs is 1. The number of carbonyl (C=O) groups is 2. The first-order valence-electron chi connectivity index (χ1n) is 3.86. The molecule has 0 amide bonds. The minimum Gasteiger partial charge on any atom is -0.478 e. The summed E-state index contributed by atoms with van der Waals surface area (Å²) in [6.07, 6.45) is -1.35. The van der Waals surface area contributed by atoms with E-state index in [-0.39, 0.29) is 16.7 Å². The van der Waals surface area contributed by atoms with Gasteiger partial charge in [-0.3, -0.25) is 0 Å². The first kappa shape index (κ1) is 8.71. The Morgan fingerprint density at radius 1 is 1.43 bits per heavy atom. The molecular weight excluding hydrogens is 188 g/mol. The Morgan fingerprint density at radius 3 is 2.79 bits per heavy atom. The summed E-state index contributed by atoms with van der Waals surface area (Å²) in [6, 6.07) is 3.85. The smallest absolute Gasteiger partial charge is 0.341 e. The zero-order valence-corrected chi connectivity index (χ0v) is 6.93. The van der Waals surface area contributed by atoms with Crippen LogP contribution >= 0.6 is 0 Å². The zero-order valence-electron chi connectivity index (χ0n) is 6.93. The van der Waals surface area contributed by atoms with Gasteiger partial charge in [0.2, 0.25) is 6.29 Å². The lowest BCUT2D eigenvalue weighted by molar-refractivity contribution is -0.0547. The number of esters is 1. The van der Waals surface area contributed by atoms with Crippen molar-refractivity contribution < 1.29 is 24.5 Å². The van der Waals surface area contributed by atoms with E-state index in [1.54, 1.807) is 0 Å². The van der Waals surface area contributed by atoms with E-state index in [4.69, 9.17) is 5.11 Å². The van der Waals surface area contributed by atoms with Crippen LogP contribution in [-0.4, -0.2) is 22.2 Å². The molecule has 0 aromatic heterocycles. The summed E-state index contributed by atoms with van der Waals surface area (Å²) in [7, 11) is 0. The molecular formula is C9H6O5. The maximum Gasteiger partial charge on any atom is 0.341 e. The summed E-state index contributed by atoms with van der Waals surface area (Å²) in [5.74, 6) is -1.75. The van der Waals surface area contributed by atoms with E-state index in [9.17, 15) is 14.7 Å². The van der Waals surface area contributed by atoms with Crippen LogP contribution in [0.4, 0.5) is 0 Å². The van der Waals surface area contributed by atoms with Crippen LogP contribution in [0.5, 0.6) is 0 Å². The van der Waals surface area contributed by atoms with Crippen LogP contribution in [0.3, 0.4) is 0 Å². The number of aliphatic hydroxyl groups is 1. The molecule has 14 heavy (non-hydrogen) atoms. The lowest BCUT2D eigenvalue weighted by Crippen LogP contribution is -1.99. The predicted octanol–water partition coefficient (Wildman–Crippen LogP) is 0.546. The Balaban J connectivity index is 2.55. The summed E-state index contributed by atoms with van der Waals surface area (Å²) in [4.78, 5) is 21.6. The number of carboxylic acid groups (broad SMARTS) is 1. The molecule has 1 heterocycles. The van der Waals surface area contributed by atoms with Gasteiger partial charge in [-0.25, -0.2) is 9.59 Å². The van der Waals surface area contributed by atoms with Crippen molar-refractivity contribution >= 4 is 11.9 Å². The number of carboxylic acids is 1. The highest BCUT2D eigenvalue weighted by Crippen LogP contribution is 2.28. The molecule has 0 fully saturated rings. The minimum absolute atomic E-state index is 0.0149. The van der Waals surface area contributed by atoms with E-state index in [1.807, 2.05) is 0 Å². The Bertz CT molecular complexity index is 423. The van der Waals surface area contributed by atoms with Crippen LogP contribution in [0.2, 0.25) is 0 Å². The number of benzene rings is 1. The van der Waals surface area contributed by atoms with Gasteiger partial charge in [-0.1, -0.05) is 0 Å². The summed E-state index contributed by atoms with van der Waals surface area (Å²) < 4.78 is 4.49. The maximum atomic E-state index is 11.0. The van der Waals surface area contributed by atoms with Crippen molar-refractivity contribution in [3.8, 4) is 0 Å². The maximum absolute atomic E-state index is 11.0. The fourth-order valence-electron chi connectivity index (χ4n) is 1.31. The number of rotatable bonds is 1. The van der Waals surface area contributed by atoms with Crippen molar-refractivity contribution in [3.05, 3.63) is 34.9 Å². The van der Waals surface area contributed by atoms with Crippen LogP contribution in [0.15, 0.2) is 18.2 Å². The summed E-state index contributed by atoms with van der Waals surface area (Å²) >= 11 is 0. The number of aromatic carboxylic acids is 1. The third-order valence-corrected chi connectivity index (χ3v) is 2.00. The molecule has 1 aromatic rings. The lowest BCUT2D eigenvalue weighted by Gasteiger charge is -2.01. The van der Waals surface area contributed by atoms with Gasteiger partial charge in [-0.2, -0.15) is 0 Å². The SMILES string of the molecule is O=C(O)c1ccc2c(c1)[C@H](O)OC2=O. The summed E-state index contributed by atoms with van der Waals surface area (Å²) in [5, 5.41) is 17.9. The molecule has 0 radical (unpaired) electrons. The van der Waals surface area contributed by atoms with Crippen molar-refractivity contribution in [2.24, 2.45) is 0 Å². The molecule has 0 aliphatic carbocycles. The molecule has 0 bridgehead atoms. The third kappa shape index (κ3) is 1.14. The van der Waals surface area contributed by atoms with Gasteiger partial charge in [0.25, 0.3) is 0 Å². The van der Waals surface area contributed by atoms with Crippen molar-refractivity contribution in [2.75, 3.05) is 0 Å². The molecule has 0 saturated carbocycles. The molecule has 1 atom stereocenters. The van der Waals surface area contributed by atoms with Crippen LogP contribution in [0.1, 0.15) is 32.6 Å². The van der Waals surface area contributed by atoms with Gasteiger partial charge in [0.05, 0.1) is 11.1 Å². The van der Waals surface area contributed by atoms with E-state index in [1.165, 1.54) is 18.2 Å². The molecule has 1 aliphatic rings. The number of carbonyl (C=O) groups excluding carboxylic acids is 1. The number of ether oxygens (including phenoxy) is 1. The first-order chi connectivity index (χ1) is 6.59. The largest absolute Gasteiger partial charge is 0.478 e. The predicted molar refractivity (Wildman–Crippen MR) is 43.8 cm³/mol. The van der Waals surface area contributed by atoms with Crippen LogP contribution < -0.4 is 0 Å². The van der Waals surface area contributed by atoms with Gasteiger partial charge in [0, 0.05) is 5.56 Å². The zero-order chi connectivity index (χ0) is 10.3. The fraction of sp³-hybridized carbons (Fsp3) is 0.111. The van der Waals surface area contributed by atoms with E-state index >= 15 is 0 Å². The van der Waals surface area contributed by atoms with Crippen molar-refractivity contribution in [2.45, 2.75) is 6.29 Å². The standard InChI is InChI=1S/C9H6O5/c10-7(11)4-1-2-5-6(3-4)9(13)14-8(5)12/h1-3,9,13H,(H,10,11)/t9-/m1/s1. The van der Waals surface area contributed by atoms with Gasteiger partial charge in [0.1, 0.15) is 0 Å². The average Bonchev–Trinajstić information content (AvgIpc) is 2.42. The van der Waals surface area contributed by atoms with Crippen LogP contribution in [0.25, 0.3) is 0 Å². The third-order valence-electron chi connectivity index (χ3n) is 2.00. The van der Waals surface area contributed by atoms with E-state index in [0.717, 1.165) is 0 Å². The van der Waals surface area contributed by atoms with Crippen LogP contribution in [-0.2, 0) is 4.74 Å². The molecule has 2 N–H and O–H groups in total. The van der Waals surface area contributed by atoms with Crippen molar-refractivity contribution in [3.63, 3.8) is 0 Å². The Morgan fingerprint density at radius 2 is 2.14 bits per heavy atom. The first-order valence-corrected chi connectivity index (χ1v) is 3.86. The molecule has 0 saturated heterocycles. The summed E-state index contributed by atoms with van der Waals surface area (Å²) in [6.45, 7) is 0. The molecule has 5 heteroatoms. The molecule has 5 nitrogen and oxygen atoms in total. The van der Waals surface area contributed by atoms with Gasteiger partial charge < -0.3 is 14.9 Å². The van der Waals surface area contributed by atoms with Crippen LogP contribution in [0, 0.1) is 0 Å². The molecule has 0 spiro atoms. The molecule has 2 rings (SSSR count). The highest BCUT2D eigenvalue weighted by Gasteiger charge is 2.29. The van der Waals surface area contributed by atoms with E-state index in [2.05, 4.69) is 4.74 Å². The van der Waals surface area contributed by atoms with Gasteiger partial charge in [-0.15, -0.1) is 0 Å². The second kappa shape index (κ2) is 2.81. The second-order valence-corrected chi connectivity index (χ2v) is 2.86. The topological polar surface area (TPSA) is 83.8 Å². The monoisotopic (exact) mass is 194 g/mol. The molecule has 1 aliphatic heterocycles. The normalized spacial score (nSPS) is 18.9. The number of aliphatic hydroxyl groups excluding tert-OH is 1. The molecule has 0 unspecified atom stereocenters. The van der Waals surface area contributed by atoms with Gasteiger partial charge in [0.15, 0.2) is 0 Å². The average molecular weight is 194 g/mol.